The number of benzene rings is 1. The average molecular weight is 471 g/mol. The molecule has 33 heavy (non-hydrogen) atoms. The van der Waals surface area contributed by atoms with Gasteiger partial charge in [0, 0.05) is 18.2 Å². The molecule has 6 nitrogen and oxygen atoms in total. The van der Waals surface area contributed by atoms with Crippen molar-refractivity contribution in [3.63, 3.8) is 0 Å². The summed E-state index contributed by atoms with van der Waals surface area (Å²) in [6, 6.07) is 7.48. The SMILES string of the molecule is C/C=C(\C=C/C(C)Nc1nc(N)c(C(=O)c2cccc(C)c2)s1)OC(CCC)CN(C)CC. The fraction of sp³-hybridized carbons (Fsp3) is 0.462. The number of thiazole rings is 1. The fourth-order valence-electron chi connectivity index (χ4n) is 3.34. The summed E-state index contributed by atoms with van der Waals surface area (Å²) in [7, 11) is 2.11. The van der Waals surface area contributed by atoms with Gasteiger partial charge >= 0.3 is 0 Å². The van der Waals surface area contributed by atoms with E-state index in [0.29, 0.717) is 15.6 Å². The van der Waals surface area contributed by atoms with Crippen molar-refractivity contribution >= 4 is 28.1 Å². The number of nitrogens with one attached hydrogen (secondary N) is 1. The minimum atomic E-state index is -0.103. The van der Waals surface area contributed by atoms with Gasteiger partial charge in [-0.25, -0.2) is 4.98 Å². The first-order chi connectivity index (χ1) is 15.8. The molecule has 0 saturated heterocycles. The Kier molecular flexibility index (Phi) is 10.6. The monoisotopic (exact) mass is 470 g/mol. The molecule has 0 aliphatic rings. The molecule has 0 aliphatic heterocycles. The summed E-state index contributed by atoms with van der Waals surface area (Å²) in [5, 5.41) is 3.94. The van der Waals surface area contributed by atoms with Gasteiger partial charge in [-0.3, -0.25) is 4.79 Å². The molecule has 2 aromatic rings. The Labute approximate surface area is 202 Å². The smallest absolute Gasteiger partial charge is 0.206 e. The Balaban J connectivity index is 2.02. The van der Waals surface area contributed by atoms with Crippen molar-refractivity contribution in [3.05, 3.63) is 64.3 Å². The molecule has 0 spiro atoms. The molecule has 1 aromatic heterocycles. The van der Waals surface area contributed by atoms with E-state index >= 15 is 0 Å². The number of hydrogen-bond acceptors (Lipinski definition) is 7. The average Bonchev–Trinajstić information content (AvgIpc) is 3.15. The van der Waals surface area contributed by atoms with Gasteiger partial charge in [0.1, 0.15) is 22.6 Å². The van der Waals surface area contributed by atoms with Crippen LogP contribution in [0, 0.1) is 6.92 Å². The molecule has 2 rings (SSSR count). The molecule has 0 bridgehead atoms. The molecular formula is C26H38N4O2S. The van der Waals surface area contributed by atoms with Crippen LogP contribution in [0.4, 0.5) is 10.9 Å². The van der Waals surface area contributed by atoms with Gasteiger partial charge < -0.3 is 20.7 Å². The maximum atomic E-state index is 12.8. The minimum Gasteiger partial charge on any atom is -0.489 e. The van der Waals surface area contributed by atoms with Crippen LogP contribution in [0.15, 0.2) is 48.3 Å². The lowest BCUT2D eigenvalue weighted by Gasteiger charge is -2.24. The van der Waals surface area contributed by atoms with E-state index in [-0.39, 0.29) is 23.7 Å². The molecule has 2 atom stereocenters. The number of anilines is 2. The highest BCUT2D eigenvalue weighted by molar-refractivity contribution is 7.18. The molecule has 0 amide bonds. The van der Waals surface area contributed by atoms with Gasteiger partial charge in [0.15, 0.2) is 5.13 Å². The van der Waals surface area contributed by atoms with E-state index in [1.165, 1.54) is 11.3 Å². The van der Waals surface area contributed by atoms with Crippen LogP contribution in [-0.2, 0) is 4.74 Å². The Morgan fingerprint density at radius 3 is 2.76 bits per heavy atom. The molecule has 1 heterocycles. The number of nitrogens with zero attached hydrogens (tertiary/aromatic N) is 2. The number of nitrogens with two attached hydrogens (primary N) is 1. The molecule has 3 N–H and O–H groups in total. The number of carbonyl (C=O) groups is 1. The predicted octanol–water partition coefficient (Wildman–Crippen LogP) is 5.66. The van der Waals surface area contributed by atoms with Gasteiger partial charge in [0.25, 0.3) is 0 Å². The molecule has 0 fully saturated rings. The molecule has 180 valence electrons. The van der Waals surface area contributed by atoms with Crippen molar-refractivity contribution in [3.8, 4) is 0 Å². The number of aromatic nitrogens is 1. The standard InChI is InChI=1S/C26H38N4O2S/c1-7-11-22(17-30(6)9-3)32-21(8-2)15-14-19(5)28-26-29-25(27)24(33-26)23(31)20-13-10-12-18(4)16-20/h8,10,12-16,19,22H,7,9,11,17,27H2,1-6H3,(H,28,29)/b15-14-,21-8+. The molecule has 1 aromatic carbocycles. The molecule has 0 saturated carbocycles. The van der Waals surface area contributed by atoms with Gasteiger partial charge in [0.05, 0.1) is 0 Å². The maximum Gasteiger partial charge on any atom is 0.206 e. The zero-order chi connectivity index (χ0) is 24.4. The van der Waals surface area contributed by atoms with Crippen molar-refractivity contribution in [2.24, 2.45) is 0 Å². The van der Waals surface area contributed by atoms with Crippen molar-refractivity contribution in [1.29, 1.82) is 0 Å². The number of ketones is 1. The summed E-state index contributed by atoms with van der Waals surface area (Å²) >= 11 is 1.28. The second kappa shape index (κ2) is 13.2. The molecular weight excluding hydrogens is 432 g/mol. The first-order valence-corrected chi connectivity index (χ1v) is 12.4. The first-order valence-electron chi connectivity index (χ1n) is 11.6. The van der Waals surface area contributed by atoms with Gasteiger partial charge in [-0.05, 0) is 59.0 Å². The van der Waals surface area contributed by atoms with Gasteiger partial charge in [-0.1, -0.05) is 61.4 Å². The number of allylic oxidation sites excluding steroid dienone is 2. The van der Waals surface area contributed by atoms with Crippen molar-refractivity contribution in [2.75, 3.05) is 31.2 Å². The topological polar surface area (TPSA) is 80.5 Å². The molecule has 2 unspecified atom stereocenters. The van der Waals surface area contributed by atoms with Gasteiger partial charge in [0.2, 0.25) is 5.78 Å². The summed E-state index contributed by atoms with van der Waals surface area (Å²) in [5.74, 6) is 0.999. The predicted molar refractivity (Wildman–Crippen MR) is 140 cm³/mol. The third-order valence-corrected chi connectivity index (χ3v) is 6.29. The Hall–Kier alpha value is -2.64. The van der Waals surface area contributed by atoms with E-state index in [1.54, 1.807) is 6.07 Å². The lowest BCUT2D eigenvalue weighted by atomic mass is 10.1. The molecule has 7 heteroatoms. The number of carbonyl (C=O) groups excluding carboxylic acids is 1. The highest BCUT2D eigenvalue weighted by Gasteiger charge is 2.18. The van der Waals surface area contributed by atoms with Crippen LogP contribution in [0.25, 0.3) is 0 Å². The van der Waals surface area contributed by atoms with Crippen LogP contribution < -0.4 is 11.1 Å². The third kappa shape index (κ3) is 8.33. The number of ether oxygens (including phenoxy) is 1. The Morgan fingerprint density at radius 1 is 1.36 bits per heavy atom. The van der Waals surface area contributed by atoms with Gasteiger partial charge in [-0.15, -0.1) is 0 Å². The lowest BCUT2D eigenvalue weighted by Crippen LogP contribution is -2.30. The lowest BCUT2D eigenvalue weighted by molar-refractivity contribution is 0.0836. The van der Waals surface area contributed by atoms with E-state index in [4.69, 9.17) is 10.5 Å². The zero-order valence-electron chi connectivity index (χ0n) is 20.7. The second-order valence-corrected chi connectivity index (χ2v) is 9.30. The summed E-state index contributed by atoms with van der Waals surface area (Å²) in [4.78, 5) is 19.9. The van der Waals surface area contributed by atoms with Crippen LogP contribution in [0.1, 0.15) is 61.3 Å². The van der Waals surface area contributed by atoms with Crippen LogP contribution in [0.2, 0.25) is 0 Å². The van der Waals surface area contributed by atoms with E-state index in [2.05, 4.69) is 36.1 Å². The largest absolute Gasteiger partial charge is 0.489 e. The number of nitrogen functional groups attached to an aromatic ring is 1. The van der Waals surface area contributed by atoms with Crippen LogP contribution in [0.5, 0.6) is 0 Å². The fourth-order valence-corrected chi connectivity index (χ4v) is 4.28. The highest BCUT2D eigenvalue weighted by Crippen LogP contribution is 2.28. The third-order valence-electron chi connectivity index (χ3n) is 5.29. The van der Waals surface area contributed by atoms with Crippen molar-refractivity contribution < 1.29 is 9.53 Å². The first kappa shape index (κ1) is 26.6. The quantitative estimate of drug-likeness (QED) is 0.223. The summed E-state index contributed by atoms with van der Waals surface area (Å²) in [6.07, 6.45) is 8.25. The normalized spacial score (nSPS) is 14.0. The number of likely N-dealkylation sites (N-methyl/N-ethyl adjacent to an activating group) is 1. The van der Waals surface area contributed by atoms with E-state index in [9.17, 15) is 4.79 Å². The van der Waals surface area contributed by atoms with E-state index < -0.39 is 0 Å². The summed E-state index contributed by atoms with van der Waals surface area (Å²) in [5.41, 5.74) is 7.71. The zero-order valence-corrected chi connectivity index (χ0v) is 21.5. The van der Waals surface area contributed by atoms with Crippen LogP contribution in [-0.4, -0.2) is 48.0 Å². The number of hydrogen-bond donors (Lipinski definition) is 2. The van der Waals surface area contributed by atoms with E-state index in [1.807, 2.05) is 57.2 Å². The summed E-state index contributed by atoms with van der Waals surface area (Å²) < 4.78 is 6.25. The number of aryl methyl sites for hydroxylation is 1. The Morgan fingerprint density at radius 2 is 2.12 bits per heavy atom. The maximum absolute atomic E-state index is 12.8. The van der Waals surface area contributed by atoms with Crippen molar-refractivity contribution in [1.82, 2.24) is 9.88 Å². The van der Waals surface area contributed by atoms with Gasteiger partial charge in [-0.2, -0.15) is 0 Å². The van der Waals surface area contributed by atoms with Crippen LogP contribution in [0.3, 0.4) is 0 Å². The highest BCUT2D eigenvalue weighted by atomic mass is 32.1. The summed E-state index contributed by atoms with van der Waals surface area (Å²) in [6.45, 7) is 12.2. The number of rotatable bonds is 13. The minimum absolute atomic E-state index is 0.0148. The molecule has 0 radical (unpaired) electrons. The van der Waals surface area contributed by atoms with E-state index in [0.717, 1.165) is 37.3 Å². The molecule has 0 aliphatic carbocycles. The van der Waals surface area contributed by atoms with Crippen molar-refractivity contribution in [2.45, 2.75) is 59.6 Å². The Bertz CT molecular complexity index is 967. The van der Waals surface area contributed by atoms with Crippen LogP contribution >= 0.6 is 11.3 Å². The second-order valence-electron chi connectivity index (χ2n) is 8.30.